The van der Waals surface area contributed by atoms with E-state index in [2.05, 4.69) is 5.32 Å². The predicted octanol–water partition coefficient (Wildman–Crippen LogP) is 3.46. The lowest BCUT2D eigenvalue weighted by Gasteiger charge is -2.17. The van der Waals surface area contributed by atoms with E-state index in [1.807, 2.05) is 0 Å². The minimum atomic E-state index is -3.92. The van der Waals surface area contributed by atoms with Crippen LogP contribution in [-0.4, -0.2) is 38.0 Å². The molecule has 2 aromatic rings. The number of anilines is 1. The zero-order chi connectivity index (χ0) is 19.5. The van der Waals surface area contributed by atoms with E-state index in [4.69, 9.17) is 23.2 Å². The molecule has 0 aromatic heterocycles. The number of Topliss-reactive ketones (excluding diaryl/α,β-unsaturated/α-hetero) is 1. The van der Waals surface area contributed by atoms with Crippen molar-refractivity contribution in [2.24, 2.45) is 0 Å². The fourth-order valence-electron chi connectivity index (χ4n) is 2.12. The molecule has 2 aromatic carbocycles. The Morgan fingerprint density at radius 1 is 1.08 bits per heavy atom. The molecule has 0 saturated heterocycles. The van der Waals surface area contributed by atoms with Gasteiger partial charge in [0.25, 0.3) is 0 Å². The summed E-state index contributed by atoms with van der Waals surface area (Å²) < 4.78 is 26.1. The van der Waals surface area contributed by atoms with Crippen LogP contribution in [-0.2, 0) is 14.8 Å². The van der Waals surface area contributed by atoms with Crippen molar-refractivity contribution in [3.05, 3.63) is 58.1 Å². The Bertz CT molecular complexity index is 961. The molecule has 26 heavy (non-hydrogen) atoms. The van der Waals surface area contributed by atoms with E-state index in [9.17, 15) is 18.0 Å². The van der Waals surface area contributed by atoms with Gasteiger partial charge in [0.1, 0.15) is 0 Å². The van der Waals surface area contributed by atoms with Crippen LogP contribution < -0.4 is 5.32 Å². The minimum absolute atomic E-state index is 0.0602. The number of hydrogen-bond donors (Lipinski definition) is 1. The molecule has 138 valence electrons. The molecular formula is C17H16Cl2N2O4S. The predicted molar refractivity (Wildman–Crippen MR) is 101 cm³/mol. The molecule has 1 amide bonds. The van der Waals surface area contributed by atoms with Crippen molar-refractivity contribution in [1.82, 2.24) is 4.31 Å². The van der Waals surface area contributed by atoms with Crippen LogP contribution in [0.2, 0.25) is 10.0 Å². The van der Waals surface area contributed by atoms with E-state index < -0.39 is 22.5 Å². The molecule has 0 atom stereocenters. The third-order valence-electron chi connectivity index (χ3n) is 3.52. The lowest BCUT2D eigenvalue weighted by Crippen LogP contribution is -2.35. The van der Waals surface area contributed by atoms with Gasteiger partial charge in [0, 0.05) is 18.3 Å². The molecule has 0 fully saturated rings. The summed E-state index contributed by atoms with van der Waals surface area (Å²) in [6, 6.07) is 10.2. The first-order valence-corrected chi connectivity index (χ1v) is 9.63. The summed E-state index contributed by atoms with van der Waals surface area (Å²) in [6.07, 6.45) is 0. The molecule has 0 saturated carbocycles. The zero-order valence-corrected chi connectivity index (χ0v) is 16.3. The highest BCUT2D eigenvalue weighted by Crippen LogP contribution is 2.25. The van der Waals surface area contributed by atoms with Crippen LogP contribution in [0.25, 0.3) is 0 Å². The number of sulfonamides is 1. The monoisotopic (exact) mass is 414 g/mol. The molecule has 6 nitrogen and oxygen atoms in total. The van der Waals surface area contributed by atoms with Gasteiger partial charge in [-0.25, -0.2) is 8.42 Å². The average molecular weight is 415 g/mol. The molecule has 0 aliphatic rings. The molecule has 2 rings (SSSR count). The summed E-state index contributed by atoms with van der Waals surface area (Å²) >= 11 is 11.7. The molecular weight excluding hydrogens is 399 g/mol. The lowest BCUT2D eigenvalue weighted by atomic mass is 10.2. The summed E-state index contributed by atoms with van der Waals surface area (Å²) in [6.45, 7) is 0.938. The highest BCUT2D eigenvalue weighted by Gasteiger charge is 2.23. The van der Waals surface area contributed by atoms with Crippen molar-refractivity contribution in [2.75, 3.05) is 18.9 Å². The Labute approximate surface area is 161 Å². The molecule has 0 aliphatic carbocycles. The number of ketones is 1. The fraction of sp³-hybridized carbons (Fsp3) is 0.176. The Hall–Kier alpha value is -1.93. The van der Waals surface area contributed by atoms with Gasteiger partial charge in [-0.1, -0.05) is 35.3 Å². The van der Waals surface area contributed by atoms with Gasteiger partial charge in [0.05, 0.1) is 21.5 Å². The Balaban J connectivity index is 2.13. The normalized spacial score (nSPS) is 11.4. The molecule has 0 spiro atoms. The van der Waals surface area contributed by atoms with Gasteiger partial charge in [-0.3, -0.25) is 9.59 Å². The van der Waals surface area contributed by atoms with Crippen LogP contribution in [0, 0.1) is 0 Å². The summed E-state index contributed by atoms with van der Waals surface area (Å²) in [7, 11) is -2.64. The highest BCUT2D eigenvalue weighted by atomic mass is 35.5. The van der Waals surface area contributed by atoms with E-state index in [-0.39, 0.29) is 21.3 Å². The summed E-state index contributed by atoms with van der Waals surface area (Å²) in [4.78, 5) is 23.5. The number of hydrogen-bond acceptors (Lipinski definition) is 4. The topological polar surface area (TPSA) is 83.6 Å². The maximum Gasteiger partial charge on any atom is 0.243 e. The van der Waals surface area contributed by atoms with Crippen molar-refractivity contribution in [3.8, 4) is 0 Å². The van der Waals surface area contributed by atoms with Gasteiger partial charge in [-0.2, -0.15) is 4.31 Å². The molecule has 0 radical (unpaired) electrons. The first kappa shape index (κ1) is 20.4. The Morgan fingerprint density at radius 2 is 1.77 bits per heavy atom. The first-order chi connectivity index (χ1) is 12.1. The van der Waals surface area contributed by atoms with Gasteiger partial charge < -0.3 is 5.32 Å². The number of carbonyl (C=O) groups excluding carboxylic acids is 2. The van der Waals surface area contributed by atoms with E-state index in [1.165, 1.54) is 50.4 Å². The van der Waals surface area contributed by atoms with E-state index in [0.29, 0.717) is 10.7 Å². The summed E-state index contributed by atoms with van der Waals surface area (Å²) in [5.41, 5.74) is 0.675. The second-order valence-corrected chi connectivity index (χ2v) is 8.38. The molecule has 0 unspecified atom stereocenters. The number of likely N-dealkylation sites (N-methyl/N-ethyl adjacent to an activating group) is 1. The number of nitrogens with zero attached hydrogens (tertiary/aromatic N) is 1. The van der Waals surface area contributed by atoms with Crippen LogP contribution in [0.4, 0.5) is 5.69 Å². The maximum absolute atomic E-state index is 12.6. The van der Waals surface area contributed by atoms with Crippen LogP contribution in [0.3, 0.4) is 0 Å². The van der Waals surface area contributed by atoms with E-state index in [0.717, 1.165) is 4.31 Å². The minimum Gasteiger partial charge on any atom is -0.325 e. The molecule has 0 bridgehead atoms. The molecule has 0 heterocycles. The van der Waals surface area contributed by atoms with E-state index >= 15 is 0 Å². The van der Waals surface area contributed by atoms with Crippen molar-refractivity contribution in [3.63, 3.8) is 0 Å². The second kappa shape index (κ2) is 8.18. The van der Waals surface area contributed by atoms with Crippen LogP contribution in [0.1, 0.15) is 17.3 Å². The van der Waals surface area contributed by atoms with Crippen molar-refractivity contribution < 1.29 is 18.0 Å². The summed E-state index contributed by atoms with van der Waals surface area (Å²) in [5, 5.41) is 3.16. The van der Waals surface area contributed by atoms with Gasteiger partial charge in [-0.05, 0) is 37.3 Å². The smallest absolute Gasteiger partial charge is 0.243 e. The molecule has 0 aliphatic heterocycles. The molecule has 9 heteroatoms. The highest BCUT2D eigenvalue weighted by molar-refractivity contribution is 7.89. The number of rotatable bonds is 6. The van der Waals surface area contributed by atoms with Gasteiger partial charge in [-0.15, -0.1) is 0 Å². The Kier molecular flexibility index (Phi) is 6.41. The van der Waals surface area contributed by atoms with Crippen molar-refractivity contribution >= 4 is 50.6 Å². The third-order valence-corrected chi connectivity index (χ3v) is 6.06. The quantitative estimate of drug-likeness (QED) is 0.733. The van der Waals surface area contributed by atoms with Gasteiger partial charge in [0.2, 0.25) is 15.9 Å². The van der Waals surface area contributed by atoms with Gasteiger partial charge in [0.15, 0.2) is 5.78 Å². The maximum atomic E-state index is 12.6. The van der Waals surface area contributed by atoms with Crippen LogP contribution >= 0.6 is 23.2 Å². The van der Waals surface area contributed by atoms with Crippen molar-refractivity contribution in [1.29, 1.82) is 0 Å². The zero-order valence-electron chi connectivity index (χ0n) is 14.0. The van der Waals surface area contributed by atoms with Gasteiger partial charge >= 0.3 is 0 Å². The lowest BCUT2D eigenvalue weighted by molar-refractivity contribution is -0.116. The average Bonchev–Trinajstić information content (AvgIpc) is 2.58. The number of amides is 1. The number of nitrogens with one attached hydrogen (secondary N) is 1. The SMILES string of the molecule is CC(=O)c1cccc(S(=O)(=O)N(C)CC(=O)Nc2ccc(Cl)c(Cl)c2)c1. The third kappa shape index (κ3) is 4.82. The number of carbonyl (C=O) groups is 2. The van der Waals surface area contributed by atoms with E-state index in [1.54, 1.807) is 6.07 Å². The largest absolute Gasteiger partial charge is 0.325 e. The number of benzene rings is 2. The van der Waals surface area contributed by atoms with Crippen molar-refractivity contribution in [2.45, 2.75) is 11.8 Å². The second-order valence-electron chi connectivity index (χ2n) is 5.52. The summed E-state index contributed by atoms with van der Waals surface area (Å²) in [5.74, 6) is -0.792. The van der Waals surface area contributed by atoms with Crippen LogP contribution in [0.5, 0.6) is 0 Å². The Morgan fingerprint density at radius 3 is 2.38 bits per heavy atom. The fourth-order valence-corrected chi connectivity index (χ4v) is 3.59. The molecule has 1 N–H and O–H groups in total. The van der Waals surface area contributed by atoms with Crippen LogP contribution in [0.15, 0.2) is 47.4 Å². The first-order valence-electron chi connectivity index (χ1n) is 7.43. The standard InChI is InChI=1S/C17H16Cl2N2O4S/c1-11(22)12-4-3-5-14(8-12)26(24,25)21(2)10-17(23)20-13-6-7-15(18)16(19)9-13/h3-9H,10H2,1-2H3,(H,20,23). The number of halogens is 2.